The Bertz CT molecular complexity index is 1360. The van der Waals surface area contributed by atoms with E-state index < -0.39 is 23.6 Å². The molecular weight excluding hydrogens is 467 g/mol. The van der Waals surface area contributed by atoms with Gasteiger partial charge in [-0.25, -0.2) is 19.7 Å². The first-order valence-electron chi connectivity index (χ1n) is 9.04. The molecule has 2 aromatic carbocycles. The Morgan fingerprint density at radius 2 is 1.88 bits per heavy atom. The largest absolute Gasteiger partial charge is 0.439 e. The maximum Gasteiger partial charge on any atom is 0.416 e. The number of imidazole rings is 1. The second-order valence-corrected chi connectivity index (χ2v) is 6.66. The number of nitrogens with zero attached hydrogens (tertiary/aromatic N) is 3. The standard InChI is InChI=1S/C20H11ClF3N5O4/c21-33-19(31)15-8-16(26-9-25-15)32-12-3-1-2-11(7-12)27-18(30)17-28-13-5-4-10(20(22,23)24)6-14(13)29-17/h1-9H,(H,27,30)(H,28,29). The molecule has 2 N–H and O–H groups in total. The van der Waals surface area contributed by atoms with Gasteiger partial charge < -0.3 is 19.3 Å². The number of anilines is 1. The smallest absolute Gasteiger partial charge is 0.416 e. The number of carbonyl (C=O) groups excluding carboxylic acids is 2. The molecule has 13 heteroatoms. The van der Waals surface area contributed by atoms with E-state index in [1.54, 1.807) is 18.2 Å². The average molecular weight is 478 g/mol. The number of ether oxygens (including phenoxy) is 1. The molecule has 4 rings (SSSR count). The number of nitrogens with one attached hydrogen (secondary N) is 2. The lowest BCUT2D eigenvalue weighted by atomic mass is 10.2. The Labute approximate surface area is 187 Å². The maximum atomic E-state index is 12.9. The number of fused-ring (bicyclic) bond motifs is 1. The van der Waals surface area contributed by atoms with Crippen molar-refractivity contribution in [2.75, 3.05) is 5.32 Å². The zero-order valence-corrected chi connectivity index (χ0v) is 16.9. The number of amides is 1. The molecule has 1 amide bonds. The zero-order valence-electron chi connectivity index (χ0n) is 16.2. The molecular formula is C20H11ClF3N5O4. The first-order chi connectivity index (χ1) is 15.7. The number of halogens is 4. The van der Waals surface area contributed by atoms with E-state index in [4.69, 9.17) is 16.6 Å². The van der Waals surface area contributed by atoms with Gasteiger partial charge in [-0.1, -0.05) is 6.07 Å². The molecule has 2 heterocycles. The molecule has 0 fully saturated rings. The summed E-state index contributed by atoms with van der Waals surface area (Å²) in [5.74, 6) is -1.46. The highest BCUT2D eigenvalue weighted by atomic mass is 35.5. The van der Waals surface area contributed by atoms with E-state index in [0.29, 0.717) is 5.69 Å². The van der Waals surface area contributed by atoms with Crippen LogP contribution in [0, 0.1) is 0 Å². The van der Waals surface area contributed by atoms with E-state index in [2.05, 4.69) is 29.5 Å². The number of aromatic amines is 1. The van der Waals surface area contributed by atoms with Crippen molar-refractivity contribution in [1.82, 2.24) is 19.9 Å². The summed E-state index contributed by atoms with van der Waals surface area (Å²) in [6.45, 7) is 0. The molecule has 0 atom stereocenters. The minimum Gasteiger partial charge on any atom is -0.439 e. The quantitative estimate of drug-likeness (QED) is 0.426. The van der Waals surface area contributed by atoms with Crippen LogP contribution in [0.5, 0.6) is 11.6 Å². The minimum atomic E-state index is -4.52. The fourth-order valence-electron chi connectivity index (χ4n) is 2.79. The lowest BCUT2D eigenvalue weighted by molar-refractivity contribution is -0.137. The van der Waals surface area contributed by atoms with Crippen LogP contribution in [-0.2, 0) is 10.5 Å². The predicted octanol–water partition coefficient (Wildman–Crippen LogP) is 4.73. The third kappa shape index (κ3) is 5.01. The minimum absolute atomic E-state index is 0.0169. The maximum absolute atomic E-state index is 12.9. The van der Waals surface area contributed by atoms with Crippen molar-refractivity contribution in [3.05, 3.63) is 71.9 Å². The highest BCUT2D eigenvalue weighted by Crippen LogP contribution is 2.31. The molecule has 0 radical (unpaired) electrons. The Kier molecular flexibility index (Phi) is 5.84. The fourth-order valence-corrected chi connectivity index (χ4v) is 2.87. The SMILES string of the molecule is O=C(OCl)c1cc(Oc2cccc(NC(=O)c3nc4ccc(C(F)(F)F)cc4[nH]3)c2)ncn1. The van der Waals surface area contributed by atoms with Gasteiger partial charge in [0.1, 0.15) is 23.9 Å². The molecule has 0 saturated carbocycles. The van der Waals surface area contributed by atoms with Crippen LogP contribution in [0.2, 0.25) is 0 Å². The molecule has 9 nitrogen and oxygen atoms in total. The third-order valence-electron chi connectivity index (χ3n) is 4.26. The summed E-state index contributed by atoms with van der Waals surface area (Å²) in [6.07, 6.45) is -3.44. The fraction of sp³-hybridized carbons (Fsp3) is 0.0500. The Balaban J connectivity index is 1.50. The van der Waals surface area contributed by atoms with Gasteiger partial charge in [0.15, 0.2) is 11.5 Å². The van der Waals surface area contributed by atoms with Gasteiger partial charge in [0.05, 0.1) is 16.6 Å². The molecule has 0 bridgehead atoms. The van der Waals surface area contributed by atoms with Crippen LogP contribution < -0.4 is 10.1 Å². The summed E-state index contributed by atoms with van der Waals surface area (Å²) in [6, 6.07) is 10.3. The molecule has 4 aromatic rings. The molecule has 0 spiro atoms. The normalized spacial score (nSPS) is 11.3. The molecule has 168 valence electrons. The lowest BCUT2D eigenvalue weighted by Crippen LogP contribution is -2.13. The van der Waals surface area contributed by atoms with Crippen molar-refractivity contribution in [1.29, 1.82) is 0 Å². The van der Waals surface area contributed by atoms with Gasteiger partial charge in [0.2, 0.25) is 5.88 Å². The van der Waals surface area contributed by atoms with E-state index in [0.717, 1.165) is 18.5 Å². The topological polar surface area (TPSA) is 119 Å². The van der Waals surface area contributed by atoms with Gasteiger partial charge in [-0.05, 0) is 30.3 Å². The van der Waals surface area contributed by atoms with Crippen molar-refractivity contribution in [2.45, 2.75) is 6.18 Å². The zero-order chi connectivity index (χ0) is 23.6. The molecule has 0 saturated heterocycles. The second kappa shape index (κ2) is 8.74. The average Bonchev–Trinajstić information content (AvgIpc) is 3.22. The number of rotatable bonds is 5. The van der Waals surface area contributed by atoms with E-state index >= 15 is 0 Å². The van der Waals surface area contributed by atoms with Crippen LogP contribution in [-0.4, -0.2) is 31.8 Å². The van der Waals surface area contributed by atoms with Gasteiger partial charge in [0, 0.05) is 17.8 Å². The van der Waals surface area contributed by atoms with Crippen LogP contribution >= 0.6 is 11.9 Å². The van der Waals surface area contributed by atoms with Crippen molar-refractivity contribution in [3.8, 4) is 11.6 Å². The molecule has 0 aliphatic carbocycles. The number of H-pyrrole nitrogens is 1. The summed E-state index contributed by atoms with van der Waals surface area (Å²) in [4.78, 5) is 38.2. The summed E-state index contributed by atoms with van der Waals surface area (Å²) >= 11 is 5.02. The molecule has 33 heavy (non-hydrogen) atoms. The van der Waals surface area contributed by atoms with Crippen molar-refractivity contribution in [2.24, 2.45) is 0 Å². The lowest BCUT2D eigenvalue weighted by Gasteiger charge is -2.08. The number of hydrogen-bond acceptors (Lipinski definition) is 7. The van der Waals surface area contributed by atoms with Crippen LogP contribution in [0.1, 0.15) is 26.7 Å². The summed E-state index contributed by atoms with van der Waals surface area (Å²) in [5.41, 5.74) is -0.397. The molecule has 0 aliphatic heterocycles. The number of hydrogen-bond donors (Lipinski definition) is 2. The van der Waals surface area contributed by atoms with Crippen molar-refractivity contribution >= 4 is 40.5 Å². The first-order valence-corrected chi connectivity index (χ1v) is 9.35. The molecule has 0 unspecified atom stereocenters. The van der Waals surface area contributed by atoms with E-state index in [-0.39, 0.29) is 34.2 Å². The summed E-state index contributed by atoms with van der Waals surface area (Å²) in [7, 11) is 0. The van der Waals surface area contributed by atoms with E-state index in [1.165, 1.54) is 18.2 Å². The van der Waals surface area contributed by atoms with Gasteiger partial charge >= 0.3 is 12.1 Å². The van der Waals surface area contributed by atoms with Crippen LogP contribution in [0.4, 0.5) is 18.9 Å². The highest BCUT2D eigenvalue weighted by Gasteiger charge is 2.30. The molecule has 2 aromatic heterocycles. The van der Waals surface area contributed by atoms with Crippen molar-refractivity contribution in [3.63, 3.8) is 0 Å². The number of aromatic nitrogens is 4. The Morgan fingerprint density at radius 3 is 2.64 bits per heavy atom. The monoisotopic (exact) mass is 477 g/mol. The number of carbonyl (C=O) groups is 2. The van der Waals surface area contributed by atoms with E-state index in [1.807, 2.05) is 0 Å². The predicted molar refractivity (Wildman–Crippen MR) is 109 cm³/mol. The Morgan fingerprint density at radius 1 is 1.06 bits per heavy atom. The van der Waals surface area contributed by atoms with Crippen LogP contribution in [0.3, 0.4) is 0 Å². The van der Waals surface area contributed by atoms with Gasteiger partial charge in [-0.3, -0.25) is 4.79 Å². The summed E-state index contributed by atoms with van der Waals surface area (Å²) < 4.78 is 48.3. The van der Waals surface area contributed by atoms with Gasteiger partial charge in [0.25, 0.3) is 5.91 Å². The second-order valence-electron chi connectivity index (χ2n) is 6.51. The van der Waals surface area contributed by atoms with E-state index in [9.17, 15) is 22.8 Å². The Hall–Kier alpha value is -4.19. The third-order valence-corrected chi connectivity index (χ3v) is 4.40. The first kappa shape index (κ1) is 22.0. The molecule has 0 aliphatic rings. The van der Waals surface area contributed by atoms with Crippen molar-refractivity contribution < 1.29 is 31.8 Å². The summed E-state index contributed by atoms with van der Waals surface area (Å²) in [5, 5.41) is 2.57. The van der Waals surface area contributed by atoms with Gasteiger partial charge in [-0.2, -0.15) is 13.2 Å². The number of benzene rings is 2. The van der Waals surface area contributed by atoms with Crippen LogP contribution in [0.15, 0.2) is 54.9 Å². The number of alkyl halides is 3. The highest BCUT2D eigenvalue weighted by molar-refractivity contribution is 6.15. The van der Waals surface area contributed by atoms with Crippen LogP contribution in [0.25, 0.3) is 11.0 Å². The van der Waals surface area contributed by atoms with Gasteiger partial charge in [-0.15, -0.1) is 0 Å².